The molecule has 0 aromatic carbocycles. The van der Waals surface area contributed by atoms with Crippen molar-refractivity contribution in [2.24, 2.45) is 0 Å². The van der Waals surface area contributed by atoms with Gasteiger partial charge in [-0.1, -0.05) is 0 Å². The van der Waals surface area contributed by atoms with Gasteiger partial charge in [0.1, 0.15) is 17.7 Å². The molecule has 3 heterocycles. The largest absolute Gasteiger partial charge is 0.477 e. The number of nitrogens with one attached hydrogen (secondary N) is 1. The van der Waals surface area contributed by atoms with Crippen LogP contribution in [0.5, 0.6) is 0 Å². The molecule has 7 nitrogen and oxygen atoms in total. The van der Waals surface area contributed by atoms with Gasteiger partial charge in [0, 0.05) is 12.3 Å². The Morgan fingerprint density at radius 1 is 1.59 bits per heavy atom. The molecule has 0 fully saturated rings. The standard InChI is InChI=1S/C10H8N4O3/c1-5-8(14-2-3-17-10(14)11-5)6-4-7(9(15)16)13-12-6/h2-4H,1H3,(H,12,13)(H,15,16). The van der Waals surface area contributed by atoms with E-state index in [-0.39, 0.29) is 5.69 Å². The van der Waals surface area contributed by atoms with Gasteiger partial charge in [0.15, 0.2) is 0 Å². The highest BCUT2D eigenvalue weighted by atomic mass is 16.4. The molecule has 0 atom stereocenters. The number of imidazole rings is 1. The van der Waals surface area contributed by atoms with Crippen LogP contribution >= 0.6 is 0 Å². The van der Waals surface area contributed by atoms with Crippen LogP contribution in [0.3, 0.4) is 0 Å². The van der Waals surface area contributed by atoms with Gasteiger partial charge in [-0.15, -0.1) is 0 Å². The van der Waals surface area contributed by atoms with Crippen molar-refractivity contribution in [1.82, 2.24) is 19.6 Å². The molecule has 0 radical (unpaired) electrons. The number of hydrogen-bond donors (Lipinski definition) is 2. The highest BCUT2D eigenvalue weighted by Crippen LogP contribution is 2.23. The number of aryl methyl sites for hydroxylation is 1. The van der Waals surface area contributed by atoms with E-state index in [9.17, 15) is 4.79 Å². The maximum absolute atomic E-state index is 10.8. The lowest BCUT2D eigenvalue weighted by Crippen LogP contribution is -1.95. The Morgan fingerprint density at radius 2 is 2.41 bits per heavy atom. The second kappa shape index (κ2) is 3.21. The van der Waals surface area contributed by atoms with E-state index in [1.165, 1.54) is 12.3 Å². The number of hydrogen-bond acceptors (Lipinski definition) is 4. The summed E-state index contributed by atoms with van der Waals surface area (Å²) in [4.78, 5) is 15.0. The van der Waals surface area contributed by atoms with Crippen LogP contribution in [-0.2, 0) is 0 Å². The Kier molecular flexibility index (Phi) is 1.82. The average Bonchev–Trinajstić information content (AvgIpc) is 2.91. The molecule has 7 heteroatoms. The molecule has 2 N–H and O–H groups in total. The lowest BCUT2D eigenvalue weighted by atomic mass is 10.2. The summed E-state index contributed by atoms with van der Waals surface area (Å²) in [6.07, 6.45) is 3.22. The van der Waals surface area contributed by atoms with E-state index in [2.05, 4.69) is 15.2 Å². The Balaban J connectivity index is 2.22. The van der Waals surface area contributed by atoms with Crippen molar-refractivity contribution in [2.45, 2.75) is 6.92 Å². The van der Waals surface area contributed by atoms with Crippen molar-refractivity contribution < 1.29 is 14.3 Å². The number of carboxylic acid groups (broad SMARTS) is 1. The summed E-state index contributed by atoms with van der Waals surface area (Å²) in [5.74, 6) is -0.591. The van der Waals surface area contributed by atoms with E-state index < -0.39 is 5.97 Å². The normalized spacial score (nSPS) is 11.1. The number of aromatic nitrogens is 4. The van der Waals surface area contributed by atoms with Gasteiger partial charge in [-0.05, 0) is 6.92 Å². The summed E-state index contributed by atoms with van der Waals surface area (Å²) in [5.41, 5.74) is 2.01. The second-order valence-corrected chi connectivity index (χ2v) is 3.57. The third kappa shape index (κ3) is 1.32. The molecule has 0 amide bonds. The van der Waals surface area contributed by atoms with Crippen molar-refractivity contribution in [3.63, 3.8) is 0 Å². The zero-order chi connectivity index (χ0) is 12.0. The van der Waals surface area contributed by atoms with Gasteiger partial charge in [0.25, 0.3) is 0 Å². The summed E-state index contributed by atoms with van der Waals surface area (Å²) in [7, 11) is 0. The molecule has 0 aliphatic carbocycles. The predicted molar refractivity (Wildman–Crippen MR) is 56.7 cm³/mol. The minimum Gasteiger partial charge on any atom is -0.477 e. The van der Waals surface area contributed by atoms with Gasteiger partial charge in [-0.25, -0.2) is 4.79 Å². The smallest absolute Gasteiger partial charge is 0.353 e. The van der Waals surface area contributed by atoms with E-state index in [1.807, 2.05) is 6.92 Å². The molecule has 17 heavy (non-hydrogen) atoms. The first-order valence-electron chi connectivity index (χ1n) is 4.88. The monoisotopic (exact) mass is 232 g/mol. The molecular formula is C10H8N4O3. The molecule has 0 unspecified atom stereocenters. The Morgan fingerprint density at radius 3 is 3.12 bits per heavy atom. The number of nitrogens with zero attached hydrogens (tertiary/aromatic N) is 3. The molecule has 0 saturated heterocycles. The van der Waals surface area contributed by atoms with Crippen molar-refractivity contribution >= 4 is 11.8 Å². The van der Waals surface area contributed by atoms with Gasteiger partial charge < -0.3 is 9.52 Å². The highest BCUT2D eigenvalue weighted by Gasteiger charge is 2.17. The fraction of sp³-hybridized carbons (Fsp3) is 0.100. The van der Waals surface area contributed by atoms with Gasteiger partial charge in [0.05, 0.1) is 11.4 Å². The highest BCUT2D eigenvalue weighted by molar-refractivity contribution is 5.86. The number of oxazole rings is 1. The van der Waals surface area contributed by atoms with Crippen LogP contribution in [0.25, 0.3) is 17.2 Å². The van der Waals surface area contributed by atoms with Crippen LogP contribution in [0.2, 0.25) is 0 Å². The van der Waals surface area contributed by atoms with Crippen LogP contribution in [0.4, 0.5) is 0 Å². The lowest BCUT2D eigenvalue weighted by Gasteiger charge is -1.93. The van der Waals surface area contributed by atoms with Crippen molar-refractivity contribution in [2.75, 3.05) is 0 Å². The topological polar surface area (TPSA) is 96.4 Å². The zero-order valence-corrected chi connectivity index (χ0v) is 8.84. The fourth-order valence-corrected chi connectivity index (χ4v) is 1.76. The van der Waals surface area contributed by atoms with Crippen molar-refractivity contribution in [3.8, 4) is 11.4 Å². The number of carboxylic acids is 1. The second-order valence-electron chi connectivity index (χ2n) is 3.57. The quantitative estimate of drug-likeness (QED) is 0.694. The number of aromatic amines is 1. The fourth-order valence-electron chi connectivity index (χ4n) is 1.76. The Hall–Kier alpha value is -2.57. The van der Waals surface area contributed by atoms with Crippen LogP contribution < -0.4 is 0 Å². The number of aromatic carboxylic acids is 1. The van der Waals surface area contributed by atoms with Gasteiger partial charge in [-0.3, -0.25) is 9.50 Å². The molecule has 0 aliphatic heterocycles. The maximum atomic E-state index is 10.8. The lowest BCUT2D eigenvalue weighted by molar-refractivity contribution is 0.0690. The van der Waals surface area contributed by atoms with E-state index in [1.54, 1.807) is 10.6 Å². The van der Waals surface area contributed by atoms with Crippen LogP contribution in [-0.4, -0.2) is 30.7 Å². The van der Waals surface area contributed by atoms with E-state index in [0.717, 1.165) is 11.4 Å². The molecule has 3 rings (SSSR count). The Labute approximate surface area is 94.7 Å². The van der Waals surface area contributed by atoms with Crippen molar-refractivity contribution in [1.29, 1.82) is 0 Å². The molecule has 3 aromatic rings. The predicted octanol–water partition coefficient (Wildman–Crippen LogP) is 1.32. The summed E-state index contributed by atoms with van der Waals surface area (Å²) >= 11 is 0. The number of carbonyl (C=O) groups is 1. The van der Waals surface area contributed by atoms with Gasteiger partial charge >= 0.3 is 11.8 Å². The third-order valence-corrected chi connectivity index (χ3v) is 2.49. The first kappa shape index (κ1) is 9.64. The van der Waals surface area contributed by atoms with Gasteiger partial charge in [0.2, 0.25) is 0 Å². The van der Waals surface area contributed by atoms with E-state index in [4.69, 9.17) is 9.52 Å². The number of fused-ring (bicyclic) bond motifs is 1. The summed E-state index contributed by atoms with van der Waals surface area (Å²) < 4.78 is 6.87. The third-order valence-electron chi connectivity index (χ3n) is 2.49. The van der Waals surface area contributed by atoms with Crippen LogP contribution in [0.1, 0.15) is 16.2 Å². The SMILES string of the molecule is Cc1nc2occn2c1-c1cc(C(=O)O)[nH]n1. The number of H-pyrrole nitrogens is 1. The minimum absolute atomic E-state index is 0.0397. The van der Waals surface area contributed by atoms with Crippen molar-refractivity contribution in [3.05, 3.63) is 29.9 Å². The average molecular weight is 232 g/mol. The van der Waals surface area contributed by atoms with Crippen LogP contribution in [0, 0.1) is 6.92 Å². The first-order chi connectivity index (χ1) is 8.16. The van der Waals surface area contributed by atoms with Gasteiger partial charge in [-0.2, -0.15) is 10.1 Å². The van der Waals surface area contributed by atoms with E-state index >= 15 is 0 Å². The molecule has 86 valence electrons. The molecule has 0 saturated carbocycles. The van der Waals surface area contributed by atoms with E-state index in [0.29, 0.717) is 11.5 Å². The maximum Gasteiger partial charge on any atom is 0.353 e. The summed E-state index contributed by atoms with van der Waals surface area (Å²) in [5, 5.41) is 15.2. The molecule has 3 aromatic heterocycles. The molecule has 0 spiro atoms. The number of rotatable bonds is 2. The summed E-state index contributed by atoms with van der Waals surface area (Å²) in [6.45, 7) is 1.81. The first-order valence-corrected chi connectivity index (χ1v) is 4.88. The molecular weight excluding hydrogens is 224 g/mol. The van der Waals surface area contributed by atoms with Crippen LogP contribution in [0.15, 0.2) is 22.9 Å². The zero-order valence-electron chi connectivity index (χ0n) is 8.84. The minimum atomic E-state index is -1.05. The molecule has 0 aliphatic rings. The summed E-state index contributed by atoms with van der Waals surface area (Å²) in [6, 6.07) is 1.46. The molecule has 0 bridgehead atoms. The Bertz CT molecular complexity index is 706.